The van der Waals surface area contributed by atoms with Crippen LogP contribution in [0.4, 0.5) is 0 Å². The number of amides is 3. The molecule has 8 heteroatoms. The lowest BCUT2D eigenvalue weighted by Gasteiger charge is -2.29. The molecule has 1 unspecified atom stereocenters. The van der Waals surface area contributed by atoms with Crippen molar-refractivity contribution in [2.24, 2.45) is 5.73 Å². The van der Waals surface area contributed by atoms with E-state index in [1.165, 1.54) is 0 Å². The lowest BCUT2D eigenvalue weighted by Crippen LogP contribution is -2.60. The number of nitrogens with one attached hydrogen (secondary N) is 3. The first-order valence-corrected chi connectivity index (χ1v) is 12.3. The van der Waals surface area contributed by atoms with Crippen LogP contribution in [-0.2, 0) is 16.0 Å². The van der Waals surface area contributed by atoms with E-state index in [1.54, 1.807) is 58.0 Å². The maximum absolute atomic E-state index is 13.3. The van der Waals surface area contributed by atoms with E-state index in [4.69, 9.17) is 5.73 Å². The second-order valence-corrected chi connectivity index (χ2v) is 10.4. The fourth-order valence-corrected chi connectivity index (χ4v) is 3.74. The minimum Gasteiger partial charge on any atom is -0.389 e. The summed E-state index contributed by atoms with van der Waals surface area (Å²) in [5.41, 5.74) is 5.01. The molecule has 0 fully saturated rings. The molecule has 0 bridgehead atoms. The van der Waals surface area contributed by atoms with E-state index in [0.717, 1.165) is 16.3 Å². The number of aliphatic hydroxyl groups is 1. The second kappa shape index (κ2) is 11.5. The number of aliphatic hydroxyl groups excluding tert-OH is 1. The van der Waals surface area contributed by atoms with E-state index >= 15 is 0 Å². The molecule has 0 saturated heterocycles. The highest BCUT2D eigenvalue weighted by atomic mass is 16.3. The van der Waals surface area contributed by atoms with Crippen molar-refractivity contribution >= 4 is 28.5 Å². The highest BCUT2D eigenvalue weighted by Gasteiger charge is 2.33. The summed E-state index contributed by atoms with van der Waals surface area (Å²) in [5.74, 6) is -1.38. The molecule has 8 nitrogen and oxygen atoms in total. The summed E-state index contributed by atoms with van der Waals surface area (Å²) in [6.45, 7) is 6.41. The number of hydrogen-bond donors (Lipinski definition) is 5. The van der Waals surface area contributed by atoms with E-state index in [0.29, 0.717) is 5.56 Å². The van der Waals surface area contributed by atoms with E-state index in [2.05, 4.69) is 16.0 Å². The number of rotatable bonds is 10. The highest BCUT2D eigenvalue weighted by Crippen LogP contribution is 2.17. The first-order chi connectivity index (χ1) is 17.4. The molecule has 0 aliphatic rings. The van der Waals surface area contributed by atoms with E-state index < -0.39 is 40.9 Å². The highest BCUT2D eigenvalue weighted by molar-refractivity contribution is 6.00. The molecular formula is C29H36N4O4. The summed E-state index contributed by atoms with van der Waals surface area (Å²) >= 11 is 0. The summed E-state index contributed by atoms with van der Waals surface area (Å²) in [6.07, 6.45) is -0.761. The van der Waals surface area contributed by atoms with Crippen LogP contribution in [0.1, 0.15) is 43.6 Å². The van der Waals surface area contributed by atoms with Gasteiger partial charge in [0.15, 0.2) is 0 Å². The van der Waals surface area contributed by atoms with E-state index in [1.807, 2.05) is 42.5 Å². The lowest BCUT2D eigenvalue weighted by molar-refractivity contribution is -0.132. The molecule has 3 rings (SSSR count). The van der Waals surface area contributed by atoms with Crippen LogP contribution >= 0.6 is 0 Å². The Morgan fingerprint density at radius 1 is 0.892 bits per heavy atom. The van der Waals surface area contributed by atoms with Gasteiger partial charge in [0.05, 0.1) is 6.10 Å². The third-order valence-electron chi connectivity index (χ3n) is 6.23. The van der Waals surface area contributed by atoms with Crippen LogP contribution in [0.15, 0.2) is 72.8 Å². The number of hydrogen-bond acceptors (Lipinski definition) is 5. The minimum atomic E-state index is -1.30. The van der Waals surface area contributed by atoms with Crippen molar-refractivity contribution in [3.63, 3.8) is 0 Å². The van der Waals surface area contributed by atoms with Crippen molar-refractivity contribution in [2.75, 3.05) is 6.54 Å². The number of fused-ring (bicyclic) bond motifs is 1. The van der Waals surface area contributed by atoms with Crippen molar-refractivity contribution in [3.05, 3.63) is 83.9 Å². The van der Waals surface area contributed by atoms with Crippen LogP contribution in [0, 0.1) is 0 Å². The molecule has 2 atom stereocenters. The van der Waals surface area contributed by atoms with Gasteiger partial charge in [0, 0.05) is 24.1 Å². The molecule has 3 aromatic rings. The number of carbonyl (C=O) groups is 3. The third kappa shape index (κ3) is 7.62. The Labute approximate surface area is 217 Å². The monoisotopic (exact) mass is 504 g/mol. The Morgan fingerprint density at radius 2 is 1.51 bits per heavy atom. The molecule has 6 N–H and O–H groups in total. The SMILES string of the molecule is CC(C)(NC(=O)c1ccccc1)C(=O)N[C@H](Cc1ccc2ccccc2c1)C(=O)NCC(O)C(C)(C)N. The quantitative estimate of drug-likeness (QED) is 0.289. The number of benzene rings is 3. The van der Waals surface area contributed by atoms with Gasteiger partial charge < -0.3 is 26.8 Å². The number of nitrogens with two attached hydrogens (primary N) is 1. The molecule has 0 aromatic heterocycles. The average molecular weight is 505 g/mol. The Morgan fingerprint density at radius 3 is 2.16 bits per heavy atom. The van der Waals surface area contributed by atoms with Gasteiger partial charge in [0.25, 0.3) is 5.91 Å². The largest absolute Gasteiger partial charge is 0.389 e. The fourth-order valence-electron chi connectivity index (χ4n) is 3.74. The van der Waals surface area contributed by atoms with Crippen LogP contribution in [0.2, 0.25) is 0 Å². The van der Waals surface area contributed by atoms with Crippen LogP contribution in [0.3, 0.4) is 0 Å². The lowest BCUT2D eigenvalue weighted by atomic mass is 9.97. The van der Waals surface area contributed by atoms with Gasteiger partial charge in [0.1, 0.15) is 11.6 Å². The molecule has 0 aliphatic carbocycles. The van der Waals surface area contributed by atoms with Gasteiger partial charge in [-0.3, -0.25) is 14.4 Å². The standard InChI is InChI=1S/C29H36N4O4/c1-28(2,30)24(34)18-31-26(36)23(17-19-14-15-20-10-8-9-13-22(20)16-19)32-27(37)29(3,4)33-25(35)21-11-6-5-7-12-21/h5-16,23-24,34H,17-18,30H2,1-4H3,(H,31,36)(H,32,37)(H,33,35)/t23-,24?/m1/s1. The predicted molar refractivity (Wildman–Crippen MR) is 145 cm³/mol. The van der Waals surface area contributed by atoms with Crippen molar-refractivity contribution < 1.29 is 19.5 Å². The van der Waals surface area contributed by atoms with Gasteiger partial charge in [-0.05, 0) is 56.2 Å². The predicted octanol–water partition coefficient (Wildman–Crippen LogP) is 2.29. The molecule has 0 aliphatic heterocycles. The molecule has 3 aromatic carbocycles. The third-order valence-corrected chi connectivity index (χ3v) is 6.23. The zero-order valence-corrected chi connectivity index (χ0v) is 21.7. The zero-order chi connectivity index (χ0) is 27.2. The van der Waals surface area contributed by atoms with Crippen LogP contribution in [-0.4, -0.2) is 52.6 Å². The molecule has 0 spiro atoms. The summed E-state index contributed by atoms with van der Waals surface area (Å²) in [5, 5.41) is 20.6. The average Bonchev–Trinajstić information content (AvgIpc) is 2.86. The smallest absolute Gasteiger partial charge is 0.252 e. The molecular weight excluding hydrogens is 468 g/mol. The maximum Gasteiger partial charge on any atom is 0.252 e. The van der Waals surface area contributed by atoms with Crippen molar-refractivity contribution in [3.8, 4) is 0 Å². The van der Waals surface area contributed by atoms with Gasteiger partial charge in [-0.1, -0.05) is 60.7 Å². The van der Waals surface area contributed by atoms with Gasteiger partial charge in [-0.2, -0.15) is 0 Å². The molecule has 3 amide bonds. The van der Waals surface area contributed by atoms with Crippen LogP contribution in [0.25, 0.3) is 10.8 Å². The molecule has 196 valence electrons. The fraction of sp³-hybridized carbons (Fsp3) is 0.345. The number of carbonyl (C=O) groups excluding carboxylic acids is 3. The van der Waals surface area contributed by atoms with Crippen molar-refractivity contribution in [1.82, 2.24) is 16.0 Å². The summed E-state index contributed by atoms with van der Waals surface area (Å²) < 4.78 is 0. The van der Waals surface area contributed by atoms with Crippen LogP contribution < -0.4 is 21.7 Å². The molecule has 0 saturated carbocycles. The summed E-state index contributed by atoms with van der Waals surface area (Å²) in [7, 11) is 0. The molecule has 37 heavy (non-hydrogen) atoms. The van der Waals surface area contributed by atoms with Crippen molar-refractivity contribution in [2.45, 2.75) is 57.3 Å². The zero-order valence-electron chi connectivity index (χ0n) is 21.7. The maximum atomic E-state index is 13.3. The van der Waals surface area contributed by atoms with Gasteiger partial charge in [0.2, 0.25) is 11.8 Å². The Balaban J connectivity index is 1.78. The summed E-state index contributed by atoms with van der Waals surface area (Å²) in [6, 6.07) is 21.4. The van der Waals surface area contributed by atoms with Gasteiger partial charge in [-0.25, -0.2) is 0 Å². The normalized spacial score (nSPS) is 13.5. The second-order valence-electron chi connectivity index (χ2n) is 10.4. The molecule has 0 radical (unpaired) electrons. The van der Waals surface area contributed by atoms with Crippen LogP contribution in [0.5, 0.6) is 0 Å². The molecule has 0 heterocycles. The Bertz CT molecular complexity index is 1250. The van der Waals surface area contributed by atoms with E-state index in [-0.39, 0.29) is 13.0 Å². The topological polar surface area (TPSA) is 134 Å². The minimum absolute atomic E-state index is 0.0689. The first-order valence-electron chi connectivity index (χ1n) is 12.3. The Hall–Kier alpha value is -3.75. The van der Waals surface area contributed by atoms with Gasteiger partial charge in [-0.15, -0.1) is 0 Å². The first kappa shape index (κ1) is 27.8. The van der Waals surface area contributed by atoms with Crippen molar-refractivity contribution in [1.29, 1.82) is 0 Å². The van der Waals surface area contributed by atoms with E-state index in [9.17, 15) is 19.5 Å². The summed E-state index contributed by atoms with van der Waals surface area (Å²) in [4.78, 5) is 39.1. The van der Waals surface area contributed by atoms with Gasteiger partial charge >= 0.3 is 0 Å². The Kier molecular flexibility index (Phi) is 8.68.